The lowest BCUT2D eigenvalue weighted by Gasteiger charge is -2.10. The number of rotatable bonds is 4. The highest BCUT2D eigenvalue weighted by molar-refractivity contribution is 5.58. The van der Waals surface area contributed by atoms with Gasteiger partial charge in [-0.15, -0.1) is 0 Å². The minimum atomic E-state index is -0.200. The van der Waals surface area contributed by atoms with Gasteiger partial charge in [0.05, 0.1) is 12.3 Å². The zero-order valence-electron chi connectivity index (χ0n) is 11.3. The summed E-state index contributed by atoms with van der Waals surface area (Å²) in [5, 5.41) is 3.12. The highest BCUT2D eigenvalue weighted by Gasteiger charge is 2.04. The van der Waals surface area contributed by atoms with Crippen LogP contribution in [-0.2, 0) is 11.3 Å². The Bertz CT molecular complexity index is 635. The maximum Gasteiger partial charge on any atom is 0.252 e. The molecular weight excluding hydrogens is 242 g/mol. The maximum absolute atomic E-state index is 11.5. The summed E-state index contributed by atoms with van der Waals surface area (Å²) in [6.45, 7) is 4.36. The van der Waals surface area contributed by atoms with E-state index in [9.17, 15) is 4.79 Å². The van der Waals surface area contributed by atoms with E-state index in [1.165, 1.54) is 11.6 Å². The fourth-order valence-corrected chi connectivity index (χ4v) is 1.87. The second kappa shape index (κ2) is 5.67. The largest absolute Gasteiger partial charge is 0.378 e. The number of nitrogens with one attached hydrogen (secondary N) is 2. The van der Waals surface area contributed by atoms with Gasteiger partial charge in [-0.05, 0) is 25.5 Å². The van der Waals surface area contributed by atoms with Gasteiger partial charge in [-0.2, -0.15) is 0 Å². The van der Waals surface area contributed by atoms with E-state index < -0.39 is 0 Å². The van der Waals surface area contributed by atoms with Crippen molar-refractivity contribution in [2.45, 2.75) is 20.5 Å². The molecule has 0 spiro atoms. The molecule has 0 atom stereocenters. The predicted molar refractivity (Wildman–Crippen MR) is 74.8 cm³/mol. The fraction of sp³-hybridized carbons (Fsp3) is 0.286. The van der Waals surface area contributed by atoms with Crippen molar-refractivity contribution in [3.05, 3.63) is 51.4 Å². The Morgan fingerprint density at radius 3 is 2.79 bits per heavy atom. The average molecular weight is 259 g/mol. The molecule has 1 aromatic carbocycles. The summed E-state index contributed by atoms with van der Waals surface area (Å²) >= 11 is 0. The van der Waals surface area contributed by atoms with Gasteiger partial charge >= 0.3 is 0 Å². The number of hydrogen-bond donors (Lipinski definition) is 2. The maximum atomic E-state index is 11.5. The zero-order valence-corrected chi connectivity index (χ0v) is 11.3. The number of aromatic amines is 1. The minimum absolute atomic E-state index is 0.200. The van der Waals surface area contributed by atoms with Crippen LogP contribution in [0.15, 0.2) is 29.1 Å². The number of hydrogen-bond acceptors (Lipinski definition) is 4. The SMILES string of the molecule is COCc1cc(=O)[nH]c(Nc2ccc(C)cc2C)n1. The van der Waals surface area contributed by atoms with Crippen LogP contribution >= 0.6 is 0 Å². The van der Waals surface area contributed by atoms with E-state index in [0.29, 0.717) is 18.2 Å². The number of benzene rings is 1. The van der Waals surface area contributed by atoms with Gasteiger partial charge in [0.15, 0.2) is 0 Å². The van der Waals surface area contributed by atoms with Crippen molar-refractivity contribution in [3.63, 3.8) is 0 Å². The summed E-state index contributed by atoms with van der Waals surface area (Å²) < 4.78 is 4.98. The molecule has 5 nitrogen and oxygen atoms in total. The summed E-state index contributed by atoms with van der Waals surface area (Å²) in [5.74, 6) is 0.423. The lowest BCUT2D eigenvalue weighted by atomic mass is 10.1. The Balaban J connectivity index is 2.30. The van der Waals surface area contributed by atoms with Gasteiger partial charge in [-0.3, -0.25) is 9.78 Å². The molecule has 0 fully saturated rings. The lowest BCUT2D eigenvalue weighted by molar-refractivity contribution is 0.181. The van der Waals surface area contributed by atoms with E-state index in [4.69, 9.17) is 4.74 Å². The van der Waals surface area contributed by atoms with Gasteiger partial charge in [0.25, 0.3) is 5.56 Å². The first-order valence-electron chi connectivity index (χ1n) is 6.02. The van der Waals surface area contributed by atoms with E-state index in [2.05, 4.69) is 21.4 Å². The highest BCUT2D eigenvalue weighted by atomic mass is 16.5. The van der Waals surface area contributed by atoms with Crippen LogP contribution in [0.3, 0.4) is 0 Å². The molecule has 0 bridgehead atoms. The second-order valence-electron chi connectivity index (χ2n) is 4.46. The Labute approximate surface area is 111 Å². The highest BCUT2D eigenvalue weighted by Crippen LogP contribution is 2.18. The van der Waals surface area contributed by atoms with Crippen LogP contribution in [0, 0.1) is 13.8 Å². The monoisotopic (exact) mass is 259 g/mol. The van der Waals surface area contributed by atoms with Gasteiger partial charge in [0.2, 0.25) is 5.95 Å². The minimum Gasteiger partial charge on any atom is -0.378 e. The molecule has 2 rings (SSSR count). The van der Waals surface area contributed by atoms with Crippen LogP contribution in [-0.4, -0.2) is 17.1 Å². The molecule has 19 heavy (non-hydrogen) atoms. The third-order valence-corrected chi connectivity index (χ3v) is 2.72. The number of aromatic nitrogens is 2. The molecule has 0 aliphatic heterocycles. The van der Waals surface area contributed by atoms with E-state index in [0.717, 1.165) is 11.3 Å². The molecule has 0 radical (unpaired) electrons. The zero-order chi connectivity index (χ0) is 13.8. The van der Waals surface area contributed by atoms with Crippen LogP contribution in [0.1, 0.15) is 16.8 Å². The molecular formula is C14H17N3O2. The van der Waals surface area contributed by atoms with Crippen LogP contribution in [0.5, 0.6) is 0 Å². The van der Waals surface area contributed by atoms with Gasteiger partial charge in [0.1, 0.15) is 0 Å². The van der Waals surface area contributed by atoms with E-state index in [-0.39, 0.29) is 5.56 Å². The molecule has 100 valence electrons. The second-order valence-corrected chi connectivity index (χ2v) is 4.46. The van der Waals surface area contributed by atoms with E-state index >= 15 is 0 Å². The van der Waals surface area contributed by atoms with Crippen LogP contribution in [0.2, 0.25) is 0 Å². The van der Waals surface area contributed by atoms with Crippen LogP contribution in [0.4, 0.5) is 11.6 Å². The molecule has 0 amide bonds. The van der Waals surface area contributed by atoms with Crippen molar-refractivity contribution in [2.75, 3.05) is 12.4 Å². The Morgan fingerprint density at radius 2 is 2.11 bits per heavy atom. The van der Waals surface area contributed by atoms with Gasteiger partial charge in [0, 0.05) is 18.9 Å². The summed E-state index contributed by atoms with van der Waals surface area (Å²) in [6.07, 6.45) is 0. The molecule has 5 heteroatoms. The fourth-order valence-electron chi connectivity index (χ4n) is 1.87. The van der Waals surface area contributed by atoms with E-state index in [1.54, 1.807) is 7.11 Å². The quantitative estimate of drug-likeness (QED) is 0.884. The van der Waals surface area contributed by atoms with E-state index in [1.807, 2.05) is 26.0 Å². The summed E-state index contributed by atoms with van der Waals surface area (Å²) in [5.41, 5.74) is 3.61. The number of nitrogens with zero attached hydrogens (tertiary/aromatic N) is 1. The lowest BCUT2D eigenvalue weighted by Crippen LogP contribution is -2.12. The molecule has 2 N–H and O–H groups in total. The standard InChI is InChI=1S/C14H17N3O2/c1-9-4-5-12(10(2)6-9)16-14-15-11(8-19-3)7-13(18)17-14/h4-7H,8H2,1-3H3,(H2,15,16,17,18). The third kappa shape index (κ3) is 3.42. The molecule has 0 saturated carbocycles. The molecule has 1 heterocycles. The van der Waals surface area contributed by atoms with Crippen molar-refractivity contribution < 1.29 is 4.74 Å². The number of H-pyrrole nitrogens is 1. The molecule has 2 aromatic rings. The number of ether oxygens (including phenoxy) is 1. The summed E-state index contributed by atoms with van der Waals surface area (Å²) in [6, 6.07) is 7.47. The molecule has 0 aliphatic rings. The number of methoxy groups -OCH3 is 1. The van der Waals surface area contributed by atoms with Gasteiger partial charge < -0.3 is 10.1 Å². The normalized spacial score (nSPS) is 10.5. The predicted octanol–water partition coefficient (Wildman–Crippen LogP) is 2.28. The van der Waals surface area contributed by atoms with Crippen LogP contribution in [0.25, 0.3) is 0 Å². The molecule has 0 aliphatic carbocycles. The molecule has 0 unspecified atom stereocenters. The smallest absolute Gasteiger partial charge is 0.252 e. The molecule has 1 aromatic heterocycles. The number of aryl methyl sites for hydroxylation is 2. The topological polar surface area (TPSA) is 67.0 Å². The molecule has 0 saturated heterocycles. The summed E-state index contributed by atoms with van der Waals surface area (Å²) in [4.78, 5) is 18.5. The Hall–Kier alpha value is -2.14. The van der Waals surface area contributed by atoms with Crippen molar-refractivity contribution in [2.24, 2.45) is 0 Å². The van der Waals surface area contributed by atoms with Crippen molar-refractivity contribution in [1.29, 1.82) is 0 Å². The Morgan fingerprint density at radius 1 is 1.32 bits per heavy atom. The third-order valence-electron chi connectivity index (χ3n) is 2.72. The van der Waals surface area contributed by atoms with Crippen molar-refractivity contribution in [1.82, 2.24) is 9.97 Å². The summed E-state index contributed by atoms with van der Waals surface area (Å²) in [7, 11) is 1.57. The van der Waals surface area contributed by atoms with Gasteiger partial charge in [-0.25, -0.2) is 4.98 Å². The van der Waals surface area contributed by atoms with Gasteiger partial charge in [-0.1, -0.05) is 17.7 Å². The average Bonchev–Trinajstić information content (AvgIpc) is 2.32. The Kier molecular flexibility index (Phi) is 3.97. The first kappa shape index (κ1) is 13.3. The van der Waals surface area contributed by atoms with Crippen molar-refractivity contribution in [3.8, 4) is 0 Å². The number of anilines is 2. The van der Waals surface area contributed by atoms with Crippen molar-refractivity contribution >= 4 is 11.6 Å². The van der Waals surface area contributed by atoms with Crippen LogP contribution < -0.4 is 10.9 Å². The first-order chi connectivity index (χ1) is 9.08. The first-order valence-corrected chi connectivity index (χ1v) is 6.02.